The molecule has 0 saturated heterocycles. The van der Waals surface area contributed by atoms with Crippen LogP contribution < -0.4 is 5.32 Å². The van der Waals surface area contributed by atoms with Crippen molar-refractivity contribution in [1.29, 1.82) is 0 Å². The SMILES string of the molecule is CCOCCCNC(=O)CCc1ccc(C(=O)O)cc1. The Hall–Kier alpha value is -1.88. The van der Waals surface area contributed by atoms with E-state index in [0.717, 1.165) is 12.0 Å². The maximum Gasteiger partial charge on any atom is 0.335 e. The molecule has 0 aliphatic rings. The van der Waals surface area contributed by atoms with Gasteiger partial charge in [-0.2, -0.15) is 0 Å². The Morgan fingerprint density at radius 1 is 1.25 bits per heavy atom. The smallest absolute Gasteiger partial charge is 0.335 e. The van der Waals surface area contributed by atoms with Crippen LogP contribution in [0.2, 0.25) is 0 Å². The van der Waals surface area contributed by atoms with Crippen molar-refractivity contribution in [3.8, 4) is 0 Å². The molecule has 0 aliphatic carbocycles. The lowest BCUT2D eigenvalue weighted by Crippen LogP contribution is -2.25. The van der Waals surface area contributed by atoms with Gasteiger partial charge < -0.3 is 15.2 Å². The van der Waals surface area contributed by atoms with Crippen molar-refractivity contribution in [2.24, 2.45) is 0 Å². The number of rotatable bonds is 9. The molecular weight excluding hydrogens is 258 g/mol. The van der Waals surface area contributed by atoms with Crippen molar-refractivity contribution >= 4 is 11.9 Å². The van der Waals surface area contributed by atoms with Crippen molar-refractivity contribution in [2.75, 3.05) is 19.8 Å². The molecule has 0 unspecified atom stereocenters. The normalized spacial score (nSPS) is 10.2. The fourth-order valence-electron chi connectivity index (χ4n) is 1.71. The number of nitrogens with one attached hydrogen (secondary N) is 1. The lowest BCUT2D eigenvalue weighted by molar-refractivity contribution is -0.121. The predicted molar refractivity (Wildman–Crippen MR) is 75.8 cm³/mol. The van der Waals surface area contributed by atoms with E-state index in [1.54, 1.807) is 24.3 Å². The van der Waals surface area contributed by atoms with Crippen LogP contribution in [0, 0.1) is 0 Å². The maximum atomic E-state index is 11.6. The Morgan fingerprint density at radius 2 is 1.95 bits per heavy atom. The highest BCUT2D eigenvalue weighted by atomic mass is 16.5. The topological polar surface area (TPSA) is 75.6 Å². The first-order valence-corrected chi connectivity index (χ1v) is 6.80. The average molecular weight is 279 g/mol. The van der Waals surface area contributed by atoms with Gasteiger partial charge in [0.15, 0.2) is 0 Å². The first-order chi connectivity index (χ1) is 9.63. The molecule has 0 spiro atoms. The van der Waals surface area contributed by atoms with E-state index in [1.807, 2.05) is 6.92 Å². The summed E-state index contributed by atoms with van der Waals surface area (Å²) in [6.07, 6.45) is 1.82. The number of ether oxygens (including phenoxy) is 1. The third kappa shape index (κ3) is 6.33. The van der Waals surface area contributed by atoms with Crippen molar-refractivity contribution in [1.82, 2.24) is 5.32 Å². The van der Waals surface area contributed by atoms with Crippen molar-refractivity contribution in [2.45, 2.75) is 26.2 Å². The Bertz CT molecular complexity index is 428. The second-order valence-electron chi connectivity index (χ2n) is 4.40. The fraction of sp³-hybridized carbons (Fsp3) is 0.467. The van der Waals surface area contributed by atoms with E-state index in [2.05, 4.69) is 5.32 Å². The molecule has 1 amide bonds. The standard InChI is InChI=1S/C15H21NO4/c1-2-20-11-3-10-16-14(17)9-6-12-4-7-13(8-5-12)15(18)19/h4-5,7-8H,2-3,6,9-11H2,1H3,(H,16,17)(H,18,19). The van der Waals surface area contributed by atoms with E-state index in [4.69, 9.17) is 9.84 Å². The van der Waals surface area contributed by atoms with Crippen LogP contribution in [0.5, 0.6) is 0 Å². The summed E-state index contributed by atoms with van der Waals surface area (Å²) in [5.74, 6) is -0.938. The second-order valence-corrected chi connectivity index (χ2v) is 4.40. The van der Waals surface area contributed by atoms with Gasteiger partial charge in [0.25, 0.3) is 0 Å². The Kier molecular flexibility index (Phi) is 7.35. The maximum absolute atomic E-state index is 11.6. The molecule has 0 radical (unpaired) electrons. The van der Waals surface area contributed by atoms with Gasteiger partial charge in [-0.05, 0) is 37.5 Å². The van der Waals surface area contributed by atoms with Gasteiger partial charge in [-0.25, -0.2) is 4.79 Å². The third-order valence-electron chi connectivity index (χ3n) is 2.83. The molecule has 2 N–H and O–H groups in total. The summed E-state index contributed by atoms with van der Waals surface area (Å²) in [7, 11) is 0. The van der Waals surface area contributed by atoms with Crippen LogP contribution in [0.4, 0.5) is 0 Å². The summed E-state index contributed by atoms with van der Waals surface area (Å²) in [6, 6.07) is 6.59. The number of amides is 1. The Balaban J connectivity index is 2.22. The van der Waals surface area contributed by atoms with Crippen LogP contribution in [0.3, 0.4) is 0 Å². The largest absolute Gasteiger partial charge is 0.478 e. The minimum atomic E-state index is -0.941. The summed E-state index contributed by atoms with van der Waals surface area (Å²) in [5.41, 5.74) is 1.22. The number of hydrogen-bond acceptors (Lipinski definition) is 3. The van der Waals surface area contributed by atoms with E-state index >= 15 is 0 Å². The Morgan fingerprint density at radius 3 is 2.55 bits per heavy atom. The number of hydrogen-bond donors (Lipinski definition) is 2. The van der Waals surface area contributed by atoms with Crippen molar-refractivity contribution in [3.63, 3.8) is 0 Å². The summed E-state index contributed by atoms with van der Waals surface area (Å²) >= 11 is 0. The van der Waals surface area contributed by atoms with Crippen LogP contribution in [0.1, 0.15) is 35.7 Å². The fourth-order valence-corrected chi connectivity index (χ4v) is 1.71. The van der Waals surface area contributed by atoms with Crippen LogP contribution >= 0.6 is 0 Å². The van der Waals surface area contributed by atoms with Gasteiger partial charge >= 0.3 is 5.97 Å². The molecule has 20 heavy (non-hydrogen) atoms. The minimum absolute atomic E-state index is 0.00353. The summed E-state index contributed by atoms with van der Waals surface area (Å²) in [6.45, 7) is 3.92. The molecule has 0 heterocycles. The highest BCUT2D eigenvalue weighted by Crippen LogP contribution is 2.06. The number of carboxylic acid groups (broad SMARTS) is 1. The van der Waals surface area contributed by atoms with E-state index in [9.17, 15) is 9.59 Å². The number of aryl methyl sites for hydroxylation is 1. The molecule has 0 saturated carbocycles. The zero-order valence-electron chi connectivity index (χ0n) is 11.7. The monoisotopic (exact) mass is 279 g/mol. The van der Waals surface area contributed by atoms with E-state index in [0.29, 0.717) is 32.6 Å². The van der Waals surface area contributed by atoms with Crippen LogP contribution in [0.25, 0.3) is 0 Å². The van der Waals surface area contributed by atoms with Gasteiger partial charge in [-0.15, -0.1) is 0 Å². The molecular formula is C15H21NO4. The van der Waals surface area contributed by atoms with Gasteiger partial charge in [0.1, 0.15) is 0 Å². The van der Waals surface area contributed by atoms with Gasteiger partial charge in [0, 0.05) is 26.2 Å². The second kappa shape index (κ2) is 9.09. The number of carbonyl (C=O) groups excluding carboxylic acids is 1. The summed E-state index contributed by atoms with van der Waals surface area (Å²) in [5, 5.41) is 11.6. The first kappa shape index (κ1) is 16.2. The van der Waals surface area contributed by atoms with Crippen molar-refractivity contribution < 1.29 is 19.4 Å². The molecule has 0 bridgehead atoms. The number of carboxylic acids is 1. The average Bonchev–Trinajstić information content (AvgIpc) is 2.45. The van der Waals surface area contributed by atoms with E-state index < -0.39 is 5.97 Å². The molecule has 5 nitrogen and oxygen atoms in total. The summed E-state index contributed by atoms with van der Waals surface area (Å²) < 4.78 is 5.18. The first-order valence-electron chi connectivity index (χ1n) is 6.80. The number of carbonyl (C=O) groups is 2. The molecule has 0 fully saturated rings. The lowest BCUT2D eigenvalue weighted by Gasteiger charge is -2.05. The van der Waals surface area contributed by atoms with E-state index in [1.165, 1.54) is 0 Å². The zero-order chi connectivity index (χ0) is 14.8. The van der Waals surface area contributed by atoms with Gasteiger partial charge in [0.2, 0.25) is 5.91 Å². The quantitative estimate of drug-likeness (QED) is 0.677. The highest BCUT2D eigenvalue weighted by molar-refractivity contribution is 5.87. The highest BCUT2D eigenvalue weighted by Gasteiger charge is 2.04. The molecule has 110 valence electrons. The third-order valence-corrected chi connectivity index (χ3v) is 2.83. The van der Waals surface area contributed by atoms with E-state index in [-0.39, 0.29) is 11.5 Å². The van der Waals surface area contributed by atoms with Gasteiger partial charge in [-0.1, -0.05) is 12.1 Å². The molecule has 0 aromatic heterocycles. The molecule has 1 aromatic carbocycles. The van der Waals surface area contributed by atoms with Gasteiger partial charge in [-0.3, -0.25) is 4.79 Å². The molecule has 1 aromatic rings. The molecule has 0 aliphatic heterocycles. The molecule has 0 atom stereocenters. The number of aromatic carboxylic acids is 1. The van der Waals surface area contributed by atoms with Crippen LogP contribution in [0.15, 0.2) is 24.3 Å². The lowest BCUT2D eigenvalue weighted by atomic mass is 10.1. The predicted octanol–water partition coefficient (Wildman–Crippen LogP) is 1.86. The van der Waals surface area contributed by atoms with Gasteiger partial charge in [0.05, 0.1) is 5.56 Å². The minimum Gasteiger partial charge on any atom is -0.478 e. The molecule has 1 rings (SSSR count). The Labute approximate surface area is 118 Å². The van der Waals surface area contributed by atoms with Crippen LogP contribution in [-0.4, -0.2) is 36.7 Å². The van der Waals surface area contributed by atoms with Crippen LogP contribution in [-0.2, 0) is 16.0 Å². The summed E-state index contributed by atoms with van der Waals surface area (Å²) in [4.78, 5) is 22.3. The number of benzene rings is 1. The molecule has 5 heteroatoms. The zero-order valence-corrected chi connectivity index (χ0v) is 11.7. The van der Waals surface area contributed by atoms with Crippen molar-refractivity contribution in [3.05, 3.63) is 35.4 Å².